The summed E-state index contributed by atoms with van der Waals surface area (Å²) in [6, 6.07) is 9.94. The molecule has 0 spiro atoms. The second-order valence-corrected chi connectivity index (χ2v) is 7.42. The molecular weight excluding hydrogens is 338 g/mol. The summed E-state index contributed by atoms with van der Waals surface area (Å²) in [4.78, 5) is 17.1. The summed E-state index contributed by atoms with van der Waals surface area (Å²) < 4.78 is 0.807. The zero-order chi connectivity index (χ0) is 14.3. The Hall–Kier alpha value is -1.20. The minimum absolute atomic E-state index is 0.0243. The van der Waals surface area contributed by atoms with Crippen molar-refractivity contribution >= 4 is 33.2 Å². The standard InChI is InChI=1S/C15H14BrNO2S/c1-2-15(13(18)19)11(9-6-4-3-5-7-9)12(15)10-8-17-14(16)20-10/h3-8,11-12H,2H2,1H3,(H,18,19)/t11-,12-,15-/m1/s1. The van der Waals surface area contributed by atoms with Gasteiger partial charge in [0.15, 0.2) is 3.92 Å². The van der Waals surface area contributed by atoms with Crippen LogP contribution in [0, 0.1) is 5.41 Å². The summed E-state index contributed by atoms with van der Waals surface area (Å²) in [6.45, 7) is 1.96. The molecule has 1 aliphatic rings. The third kappa shape index (κ3) is 1.91. The van der Waals surface area contributed by atoms with Crippen molar-refractivity contribution in [3.63, 3.8) is 0 Å². The van der Waals surface area contributed by atoms with Crippen LogP contribution in [0.5, 0.6) is 0 Å². The third-order valence-electron chi connectivity index (χ3n) is 4.28. The zero-order valence-electron chi connectivity index (χ0n) is 10.9. The molecule has 1 N–H and O–H groups in total. The summed E-state index contributed by atoms with van der Waals surface area (Å²) in [5, 5.41) is 9.75. The van der Waals surface area contributed by atoms with Crippen molar-refractivity contribution in [1.82, 2.24) is 4.98 Å². The molecule has 0 bridgehead atoms. The van der Waals surface area contributed by atoms with E-state index in [4.69, 9.17) is 0 Å². The average Bonchev–Trinajstić information content (AvgIpc) is 2.98. The van der Waals surface area contributed by atoms with Crippen LogP contribution in [0.15, 0.2) is 40.4 Å². The van der Waals surface area contributed by atoms with E-state index in [0.29, 0.717) is 6.42 Å². The van der Waals surface area contributed by atoms with Crippen LogP contribution in [0.4, 0.5) is 0 Å². The molecule has 1 saturated carbocycles. The first-order chi connectivity index (χ1) is 9.61. The molecule has 20 heavy (non-hydrogen) atoms. The summed E-state index contributed by atoms with van der Waals surface area (Å²) in [7, 11) is 0. The molecule has 3 nitrogen and oxygen atoms in total. The van der Waals surface area contributed by atoms with Crippen molar-refractivity contribution in [3.8, 4) is 0 Å². The Labute approximate surface area is 129 Å². The van der Waals surface area contributed by atoms with Crippen LogP contribution in [0.2, 0.25) is 0 Å². The van der Waals surface area contributed by atoms with Crippen molar-refractivity contribution < 1.29 is 9.90 Å². The van der Waals surface area contributed by atoms with Crippen molar-refractivity contribution in [2.75, 3.05) is 0 Å². The maximum Gasteiger partial charge on any atom is 0.310 e. The Morgan fingerprint density at radius 1 is 1.40 bits per heavy atom. The van der Waals surface area contributed by atoms with Gasteiger partial charge in [-0.3, -0.25) is 4.79 Å². The van der Waals surface area contributed by atoms with Crippen molar-refractivity contribution in [2.45, 2.75) is 25.2 Å². The molecule has 0 amide bonds. The van der Waals surface area contributed by atoms with Gasteiger partial charge in [0.2, 0.25) is 0 Å². The maximum absolute atomic E-state index is 11.9. The number of carbonyl (C=O) groups is 1. The van der Waals surface area contributed by atoms with E-state index in [1.54, 1.807) is 6.20 Å². The summed E-state index contributed by atoms with van der Waals surface area (Å²) >= 11 is 4.89. The van der Waals surface area contributed by atoms with Gasteiger partial charge in [-0.25, -0.2) is 4.98 Å². The number of benzene rings is 1. The Morgan fingerprint density at radius 3 is 2.60 bits per heavy atom. The lowest BCUT2D eigenvalue weighted by atomic mass is 9.96. The molecular formula is C15H14BrNO2S. The molecule has 104 valence electrons. The molecule has 1 fully saturated rings. The average molecular weight is 352 g/mol. The van der Waals surface area contributed by atoms with Crippen molar-refractivity contribution in [1.29, 1.82) is 0 Å². The molecule has 3 atom stereocenters. The highest BCUT2D eigenvalue weighted by atomic mass is 79.9. The smallest absolute Gasteiger partial charge is 0.310 e. The van der Waals surface area contributed by atoms with Gasteiger partial charge in [0.1, 0.15) is 0 Å². The van der Waals surface area contributed by atoms with Gasteiger partial charge in [-0.2, -0.15) is 0 Å². The van der Waals surface area contributed by atoms with Crippen LogP contribution in [0.25, 0.3) is 0 Å². The minimum atomic E-state index is -0.705. The highest BCUT2D eigenvalue weighted by Gasteiger charge is 2.70. The molecule has 0 radical (unpaired) electrons. The Morgan fingerprint density at radius 2 is 2.10 bits per heavy atom. The van der Waals surface area contributed by atoms with Gasteiger partial charge in [0.25, 0.3) is 0 Å². The number of aromatic nitrogens is 1. The fraction of sp³-hybridized carbons (Fsp3) is 0.333. The van der Waals surface area contributed by atoms with Gasteiger partial charge in [-0.05, 0) is 27.9 Å². The van der Waals surface area contributed by atoms with Crippen LogP contribution >= 0.6 is 27.3 Å². The van der Waals surface area contributed by atoms with Gasteiger partial charge in [-0.1, -0.05) is 37.3 Å². The first-order valence-electron chi connectivity index (χ1n) is 6.50. The second kappa shape index (κ2) is 4.97. The molecule has 1 heterocycles. The van der Waals surface area contributed by atoms with Crippen molar-refractivity contribution in [2.24, 2.45) is 5.41 Å². The number of carboxylic acid groups (broad SMARTS) is 1. The molecule has 0 unspecified atom stereocenters. The molecule has 1 aromatic heterocycles. The SMILES string of the molecule is CC[C@@]1(C(=O)O)[C@H](c2ccccc2)[C@H]1c1cnc(Br)s1. The number of nitrogens with zero attached hydrogens (tertiary/aromatic N) is 1. The van der Waals surface area contributed by atoms with Gasteiger partial charge in [0.05, 0.1) is 5.41 Å². The largest absolute Gasteiger partial charge is 0.481 e. The number of rotatable bonds is 4. The van der Waals surface area contributed by atoms with E-state index in [1.807, 2.05) is 37.3 Å². The van der Waals surface area contributed by atoms with E-state index >= 15 is 0 Å². The number of halogens is 1. The fourth-order valence-corrected chi connectivity index (χ4v) is 4.82. The molecule has 1 aliphatic carbocycles. The van der Waals surface area contributed by atoms with Crippen LogP contribution in [-0.4, -0.2) is 16.1 Å². The van der Waals surface area contributed by atoms with Gasteiger partial charge in [-0.15, -0.1) is 11.3 Å². The number of hydrogen-bond donors (Lipinski definition) is 1. The van der Waals surface area contributed by atoms with E-state index in [9.17, 15) is 9.90 Å². The number of carboxylic acids is 1. The molecule has 5 heteroatoms. The predicted octanol–water partition coefficient (Wildman–Crippen LogP) is 4.27. The Bertz CT molecular complexity index is 642. The number of aliphatic carboxylic acids is 1. The van der Waals surface area contributed by atoms with E-state index in [1.165, 1.54) is 11.3 Å². The first-order valence-corrected chi connectivity index (χ1v) is 8.11. The lowest BCUT2D eigenvalue weighted by molar-refractivity contribution is -0.143. The molecule has 3 rings (SSSR count). The summed E-state index contributed by atoms with van der Waals surface area (Å²) in [5.74, 6) is -0.641. The molecule has 0 saturated heterocycles. The van der Waals surface area contributed by atoms with E-state index in [-0.39, 0.29) is 11.8 Å². The van der Waals surface area contributed by atoms with Gasteiger partial charge in [0, 0.05) is 22.9 Å². The van der Waals surface area contributed by atoms with Crippen LogP contribution < -0.4 is 0 Å². The Balaban J connectivity index is 2.05. The summed E-state index contributed by atoms with van der Waals surface area (Å²) in [6.07, 6.45) is 2.43. The van der Waals surface area contributed by atoms with E-state index < -0.39 is 11.4 Å². The quantitative estimate of drug-likeness (QED) is 0.894. The number of hydrogen-bond acceptors (Lipinski definition) is 3. The monoisotopic (exact) mass is 351 g/mol. The number of thiazole rings is 1. The third-order valence-corrected chi connectivity index (χ3v) is 5.84. The van der Waals surface area contributed by atoms with Gasteiger partial charge < -0.3 is 5.11 Å². The molecule has 2 aromatic rings. The first kappa shape index (κ1) is 13.8. The van der Waals surface area contributed by atoms with E-state index in [0.717, 1.165) is 14.4 Å². The van der Waals surface area contributed by atoms with Crippen molar-refractivity contribution in [3.05, 3.63) is 50.9 Å². The molecule has 1 aromatic carbocycles. The normalized spacial score (nSPS) is 28.3. The predicted molar refractivity (Wildman–Crippen MR) is 82.1 cm³/mol. The van der Waals surface area contributed by atoms with Crippen LogP contribution in [-0.2, 0) is 4.79 Å². The highest BCUT2D eigenvalue weighted by molar-refractivity contribution is 9.11. The topological polar surface area (TPSA) is 50.2 Å². The highest BCUT2D eigenvalue weighted by Crippen LogP contribution is 2.72. The minimum Gasteiger partial charge on any atom is -0.481 e. The van der Waals surface area contributed by atoms with Crippen LogP contribution in [0.1, 0.15) is 35.6 Å². The molecule has 0 aliphatic heterocycles. The van der Waals surface area contributed by atoms with Crippen LogP contribution in [0.3, 0.4) is 0 Å². The van der Waals surface area contributed by atoms with E-state index in [2.05, 4.69) is 20.9 Å². The maximum atomic E-state index is 11.9. The second-order valence-electron chi connectivity index (χ2n) is 5.08. The lowest BCUT2D eigenvalue weighted by Gasteiger charge is -2.09. The lowest BCUT2D eigenvalue weighted by Crippen LogP contribution is -2.17. The van der Waals surface area contributed by atoms with Gasteiger partial charge >= 0.3 is 5.97 Å². The summed E-state index contributed by atoms with van der Waals surface area (Å²) in [5.41, 5.74) is 0.416. The Kier molecular flexibility index (Phi) is 3.42. The fourth-order valence-electron chi connectivity index (χ4n) is 3.27. The zero-order valence-corrected chi connectivity index (χ0v) is 13.3.